The Kier molecular flexibility index (Phi) is 5.04. The zero-order chi connectivity index (χ0) is 12.9. The largest absolute Gasteiger partial charge is 0.383 e. The van der Waals surface area contributed by atoms with Gasteiger partial charge in [0.05, 0.1) is 18.8 Å². The van der Waals surface area contributed by atoms with E-state index >= 15 is 0 Å². The zero-order valence-corrected chi connectivity index (χ0v) is 11.1. The quantitative estimate of drug-likeness (QED) is 0.746. The van der Waals surface area contributed by atoms with Crippen LogP contribution in [0.5, 0.6) is 0 Å². The minimum atomic E-state index is -0.260. The number of nitrogens with zero attached hydrogens (tertiary/aromatic N) is 3. The Morgan fingerprint density at radius 3 is 2.41 bits per heavy atom. The molecule has 0 aromatic carbocycles. The number of nitrogens with two attached hydrogens (primary N) is 1. The van der Waals surface area contributed by atoms with E-state index in [-0.39, 0.29) is 5.60 Å². The fourth-order valence-electron chi connectivity index (χ4n) is 1.55. The molecule has 0 radical (unpaired) electrons. The van der Waals surface area contributed by atoms with Crippen molar-refractivity contribution in [3.63, 3.8) is 0 Å². The summed E-state index contributed by atoms with van der Waals surface area (Å²) in [5, 5.41) is 8.25. The van der Waals surface area contributed by atoms with Crippen molar-refractivity contribution >= 4 is 0 Å². The van der Waals surface area contributed by atoms with Crippen LogP contribution in [0.1, 0.15) is 25.5 Å². The summed E-state index contributed by atoms with van der Waals surface area (Å²) in [6.45, 7) is 5.75. The number of ether oxygens (including phenoxy) is 2. The molecule has 2 N–H and O–H groups in total. The Morgan fingerprint density at radius 1 is 1.24 bits per heavy atom. The predicted octanol–water partition coefficient (Wildman–Crippen LogP) is 0.351. The van der Waals surface area contributed by atoms with Crippen LogP contribution in [0.2, 0.25) is 0 Å². The maximum absolute atomic E-state index is 5.64. The van der Waals surface area contributed by atoms with Gasteiger partial charge in [-0.1, -0.05) is 0 Å². The van der Waals surface area contributed by atoms with Crippen LogP contribution in [0.25, 0.3) is 0 Å². The molecule has 17 heavy (non-hydrogen) atoms. The molecule has 6 heteroatoms. The summed E-state index contributed by atoms with van der Waals surface area (Å²) in [5.74, 6) is 1.67. The molecule has 0 atom stereocenters. The first-order chi connectivity index (χ1) is 8.04. The Labute approximate surface area is 102 Å². The van der Waals surface area contributed by atoms with Gasteiger partial charge in [-0.05, 0) is 13.8 Å². The molecule has 0 spiro atoms. The van der Waals surface area contributed by atoms with Crippen molar-refractivity contribution in [2.45, 2.75) is 39.0 Å². The van der Waals surface area contributed by atoms with Gasteiger partial charge in [-0.2, -0.15) is 0 Å². The fourth-order valence-corrected chi connectivity index (χ4v) is 1.55. The van der Waals surface area contributed by atoms with E-state index in [1.54, 1.807) is 14.2 Å². The van der Waals surface area contributed by atoms with Crippen molar-refractivity contribution in [3.8, 4) is 0 Å². The van der Waals surface area contributed by atoms with Crippen LogP contribution >= 0.6 is 0 Å². The third-order valence-corrected chi connectivity index (χ3v) is 2.74. The Hall–Kier alpha value is -0.980. The summed E-state index contributed by atoms with van der Waals surface area (Å²) >= 11 is 0. The molecule has 1 aromatic rings. The Balaban J connectivity index is 2.87. The topological polar surface area (TPSA) is 75.2 Å². The van der Waals surface area contributed by atoms with E-state index in [9.17, 15) is 0 Å². The third kappa shape index (κ3) is 3.76. The first kappa shape index (κ1) is 14.1. The van der Waals surface area contributed by atoms with E-state index in [4.69, 9.17) is 15.2 Å². The Bertz CT molecular complexity index is 349. The molecule has 6 nitrogen and oxygen atoms in total. The highest BCUT2D eigenvalue weighted by Gasteiger charge is 2.22. The van der Waals surface area contributed by atoms with Crippen molar-refractivity contribution in [2.24, 2.45) is 5.73 Å². The SMILES string of the molecule is COCCn1c(CN)nnc1CC(C)(C)OC. The number of hydrogen-bond acceptors (Lipinski definition) is 5. The summed E-state index contributed by atoms with van der Waals surface area (Å²) in [6.07, 6.45) is 0.695. The zero-order valence-electron chi connectivity index (χ0n) is 11.1. The standard InChI is InChI=1S/C11H22N4O2/c1-11(2,17-4)7-9-13-14-10(8-12)15(9)5-6-16-3/h5-8,12H2,1-4H3. The molecule has 1 heterocycles. The van der Waals surface area contributed by atoms with Crippen LogP contribution in [0.4, 0.5) is 0 Å². The fraction of sp³-hybridized carbons (Fsp3) is 0.818. The van der Waals surface area contributed by atoms with E-state index in [1.165, 1.54) is 0 Å². The lowest BCUT2D eigenvalue weighted by atomic mass is 10.1. The molecule has 0 amide bonds. The van der Waals surface area contributed by atoms with Gasteiger partial charge in [-0.3, -0.25) is 0 Å². The van der Waals surface area contributed by atoms with E-state index in [1.807, 2.05) is 18.4 Å². The predicted molar refractivity (Wildman–Crippen MR) is 64.6 cm³/mol. The molecule has 0 fully saturated rings. The number of aromatic nitrogens is 3. The summed E-state index contributed by atoms with van der Waals surface area (Å²) in [5.41, 5.74) is 5.38. The molecule has 0 aliphatic carbocycles. The van der Waals surface area contributed by atoms with E-state index in [0.717, 1.165) is 11.6 Å². The van der Waals surface area contributed by atoms with Crippen LogP contribution in [0, 0.1) is 0 Å². The highest BCUT2D eigenvalue weighted by Crippen LogP contribution is 2.15. The van der Waals surface area contributed by atoms with Gasteiger partial charge in [0, 0.05) is 27.2 Å². The second kappa shape index (κ2) is 6.09. The molecular weight excluding hydrogens is 220 g/mol. The first-order valence-corrected chi connectivity index (χ1v) is 5.69. The molecule has 98 valence electrons. The molecule has 1 rings (SSSR count). The lowest BCUT2D eigenvalue weighted by Crippen LogP contribution is -2.28. The highest BCUT2D eigenvalue weighted by atomic mass is 16.5. The molecule has 0 aliphatic heterocycles. The van der Waals surface area contributed by atoms with Gasteiger partial charge in [-0.25, -0.2) is 0 Å². The van der Waals surface area contributed by atoms with E-state index in [2.05, 4.69) is 10.2 Å². The van der Waals surface area contributed by atoms with Crippen LogP contribution in [0.3, 0.4) is 0 Å². The van der Waals surface area contributed by atoms with Gasteiger partial charge in [0.25, 0.3) is 0 Å². The minimum absolute atomic E-state index is 0.260. The van der Waals surface area contributed by atoms with Crippen LogP contribution in [0.15, 0.2) is 0 Å². The molecule has 0 saturated heterocycles. The lowest BCUT2D eigenvalue weighted by Gasteiger charge is -2.22. The lowest BCUT2D eigenvalue weighted by molar-refractivity contribution is 0.0206. The van der Waals surface area contributed by atoms with Crippen molar-refractivity contribution in [1.29, 1.82) is 0 Å². The maximum Gasteiger partial charge on any atom is 0.146 e. The smallest absolute Gasteiger partial charge is 0.146 e. The average Bonchev–Trinajstić information content (AvgIpc) is 2.68. The molecule has 0 unspecified atom stereocenters. The summed E-state index contributed by atoms with van der Waals surface area (Å²) < 4.78 is 12.5. The van der Waals surface area contributed by atoms with Crippen LogP contribution in [-0.2, 0) is 29.0 Å². The van der Waals surface area contributed by atoms with Crippen LogP contribution in [-0.4, -0.2) is 41.2 Å². The monoisotopic (exact) mass is 242 g/mol. The van der Waals surface area contributed by atoms with Gasteiger partial charge >= 0.3 is 0 Å². The average molecular weight is 242 g/mol. The number of hydrogen-bond donors (Lipinski definition) is 1. The molecule has 1 aromatic heterocycles. The minimum Gasteiger partial charge on any atom is -0.383 e. The van der Waals surface area contributed by atoms with Crippen LogP contribution < -0.4 is 5.73 Å². The summed E-state index contributed by atoms with van der Waals surface area (Å²) in [6, 6.07) is 0. The van der Waals surface area contributed by atoms with Gasteiger partial charge in [0.2, 0.25) is 0 Å². The normalized spacial score (nSPS) is 12.1. The summed E-state index contributed by atoms with van der Waals surface area (Å²) in [4.78, 5) is 0. The first-order valence-electron chi connectivity index (χ1n) is 5.69. The number of methoxy groups -OCH3 is 2. The molecule has 0 aliphatic rings. The van der Waals surface area contributed by atoms with Crippen molar-refractivity contribution in [2.75, 3.05) is 20.8 Å². The molecule has 0 saturated carbocycles. The van der Waals surface area contributed by atoms with Gasteiger partial charge < -0.3 is 19.8 Å². The maximum atomic E-state index is 5.64. The van der Waals surface area contributed by atoms with Crippen molar-refractivity contribution in [1.82, 2.24) is 14.8 Å². The number of rotatable bonds is 7. The van der Waals surface area contributed by atoms with Gasteiger partial charge in [0.1, 0.15) is 11.6 Å². The molecular formula is C11H22N4O2. The highest BCUT2D eigenvalue weighted by molar-refractivity contribution is 4.99. The van der Waals surface area contributed by atoms with Gasteiger partial charge in [0.15, 0.2) is 0 Å². The molecule has 0 bridgehead atoms. The second-order valence-electron chi connectivity index (χ2n) is 4.52. The second-order valence-corrected chi connectivity index (χ2v) is 4.52. The summed E-state index contributed by atoms with van der Waals surface area (Å²) in [7, 11) is 3.37. The van der Waals surface area contributed by atoms with E-state index in [0.29, 0.717) is 26.1 Å². The van der Waals surface area contributed by atoms with Crippen molar-refractivity contribution in [3.05, 3.63) is 11.6 Å². The van der Waals surface area contributed by atoms with E-state index < -0.39 is 0 Å². The Morgan fingerprint density at radius 2 is 1.88 bits per heavy atom. The van der Waals surface area contributed by atoms with Gasteiger partial charge in [-0.15, -0.1) is 10.2 Å². The van der Waals surface area contributed by atoms with Crippen molar-refractivity contribution < 1.29 is 9.47 Å². The third-order valence-electron chi connectivity index (χ3n) is 2.74.